The number of primary amides is 1. The van der Waals surface area contributed by atoms with Crippen LogP contribution in [-0.2, 0) is 0 Å². The molecule has 2 fully saturated rings. The summed E-state index contributed by atoms with van der Waals surface area (Å²) in [6.07, 6.45) is 8.09. The van der Waals surface area contributed by atoms with Gasteiger partial charge >= 0.3 is 6.03 Å². The minimum absolute atomic E-state index is 0.397. The van der Waals surface area contributed by atoms with Crippen molar-refractivity contribution in [1.29, 1.82) is 0 Å². The Kier molecular flexibility index (Phi) is 2.82. The number of fused-ring (bicyclic) bond motifs is 2. The second kappa shape index (κ2) is 4.00. The summed E-state index contributed by atoms with van der Waals surface area (Å²) in [6.45, 7) is 4.71. The summed E-state index contributed by atoms with van der Waals surface area (Å²) in [7, 11) is 0. The molecule has 2 aliphatic rings. The highest BCUT2D eigenvalue weighted by atomic mass is 16.2. The number of carbonyl (C=O) groups excluding carboxylic acids is 1. The molecule has 2 rings (SSSR count). The Balaban J connectivity index is 1.92. The largest absolute Gasteiger partial charge is 0.350 e. The van der Waals surface area contributed by atoms with E-state index in [4.69, 9.17) is 5.73 Å². The highest BCUT2D eigenvalue weighted by Gasteiger charge is 2.51. The van der Waals surface area contributed by atoms with Crippen LogP contribution in [0.5, 0.6) is 0 Å². The zero-order valence-electron chi connectivity index (χ0n) is 9.99. The Hall–Kier alpha value is -1.19. The highest BCUT2D eigenvalue weighted by Crippen LogP contribution is 2.59. The first-order chi connectivity index (χ1) is 7.51. The molecule has 4 heteroatoms. The SMILES string of the molecule is CC1(C)[C@H]2CC[C@@H](C2)[C@H]1/C=C\NNC(N)=O. The van der Waals surface area contributed by atoms with Crippen LogP contribution in [0, 0.1) is 23.2 Å². The summed E-state index contributed by atoms with van der Waals surface area (Å²) in [5.41, 5.74) is 10.4. The van der Waals surface area contributed by atoms with Crippen molar-refractivity contribution >= 4 is 6.03 Å². The molecule has 3 atom stereocenters. The van der Waals surface area contributed by atoms with Crippen molar-refractivity contribution in [2.24, 2.45) is 28.9 Å². The van der Waals surface area contributed by atoms with E-state index in [9.17, 15) is 4.79 Å². The van der Waals surface area contributed by atoms with Gasteiger partial charge < -0.3 is 11.2 Å². The van der Waals surface area contributed by atoms with E-state index in [1.165, 1.54) is 19.3 Å². The van der Waals surface area contributed by atoms with Crippen molar-refractivity contribution in [3.05, 3.63) is 12.3 Å². The lowest BCUT2D eigenvalue weighted by molar-refractivity contribution is 0.158. The van der Waals surface area contributed by atoms with Gasteiger partial charge in [0.25, 0.3) is 0 Å². The second-order valence-electron chi connectivity index (χ2n) is 5.61. The molecule has 90 valence electrons. The Morgan fingerprint density at radius 2 is 2.19 bits per heavy atom. The molecule has 0 heterocycles. The van der Waals surface area contributed by atoms with Gasteiger partial charge in [-0.2, -0.15) is 0 Å². The van der Waals surface area contributed by atoms with Gasteiger partial charge in [-0.15, -0.1) is 0 Å². The van der Waals surface area contributed by atoms with Crippen LogP contribution >= 0.6 is 0 Å². The molecular weight excluding hydrogens is 202 g/mol. The minimum Gasteiger partial charge on any atom is -0.350 e. The summed E-state index contributed by atoms with van der Waals surface area (Å²) >= 11 is 0. The van der Waals surface area contributed by atoms with Crippen LogP contribution in [0.3, 0.4) is 0 Å². The molecule has 0 saturated heterocycles. The van der Waals surface area contributed by atoms with Gasteiger partial charge in [0.05, 0.1) is 0 Å². The van der Waals surface area contributed by atoms with E-state index in [1.54, 1.807) is 6.20 Å². The van der Waals surface area contributed by atoms with Crippen molar-refractivity contribution < 1.29 is 4.79 Å². The number of nitrogens with two attached hydrogens (primary N) is 1. The Bertz CT molecular complexity index is 311. The summed E-state index contributed by atoms with van der Waals surface area (Å²) in [4.78, 5) is 10.5. The number of allylic oxidation sites excluding steroid dienone is 1. The molecule has 16 heavy (non-hydrogen) atoms. The molecule has 4 N–H and O–H groups in total. The highest BCUT2D eigenvalue weighted by molar-refractivity contribution is 5.71. The van der Waals surface area contributed by atoms with E-state index in [0.29, 0.717) is 11.3 Å². The average Bonchev–Trinajstić information content (AvgIpc) is 2.72. The molecule has 2 bridgehead atoms. The molecule has 0 aliphatic heterocycles. The van der Waals surface area contributed by atoms with Crippen molar-refractivity contribution in [2.75, 3.05) is 0 Å². The van der Waals surface area contributed by atoms with Gasteiger partial charge in [-0.1, -0.05) is 19.9 Å². The summed E-state index contributed by atoms with van der Waals surface area (Å²) < 4.78 is 0. The zero-order valence-corrected chi connectivity index (χ0v) is 9.99. The van der Waals surface area contributed by atoms with Crippen LogP contribution in [-0.4, -0.2) is 6.03 Å². The summed E-state index contributed by atoms with van der Waals surface area (Å²) in [5, 5.41) is 0. The Morgan fingerprint density at radius 3 is 2.75 bits per heavy atom. The van der Waals surface area contributed by atoms with Gasteiger partial charge in [0.2, 0.25) is 0 Å². The van der Waals surface area contributed by atoms with E-state index in [-0.39, 0.29) is 0 Å². The smallest absolute Gasteiger partial charge is 0.330 e. The van der Waals surface area contributed by atoms with Crippen molar-refractivity contribution in [1.82, 2.24) is 10.9 Å². The quantitative estimate of drug-likeness (QED) is 0.638. The number of urea groups is 1. The first-order valence-electron chi connectivity index (χ1n) is 5.99. The Morgan fingerprint density at radius 1 is 1.44 bits per heavy atom. The number of hydrogen-bond donors (Lipinski definition) is 3. The van der Waals surface area contributed by atoms with Crippen LogP contribution in [0.25, 0.3) is 0 Å². The third-order valence-corrected chi connectivity index (χ3v) is 4.47. The third-order valence-electron chi connectivity index (χ3n) is 4.47. The monoisotopic (exact) mass is 223 g/mol. The van der Waals surface area contributed by atoms with Crippen molar-refractivity contribution in [3.8, 4) is 0 Å². The lowest BCUT2D eigenvalue weighted by atomic mass is 9.69. The number of nitrogens with one attached hydrogen (secondary N) is 2. The molecule has 4 nitrogen and oxygen atoms in total. The summed E-state index contributed by atoms with van der Waals surface area (Å²) in [6, 6.07) is -0.558. The molecule has 0 aromatic carbocycles. The van der Waals surface area contributed by atoms with Crippen molar-refractivity contribution in [2.45, 2.75) is 33.1 Å². The molecule has 2 aliphatic carbocycles. The van der Waals surface area contributed by atoms with Gasteiger partial charge in [0.15, 0.2) is 0 Å². The fraction of sp³-hybridized carbons (Fsp3) is 0.750. The number of hydrogen-bond acceptors (Lipinski definition) is 2. The predicted molar refractivity (Wildman–Crippen MR) is 63.1 cm³/mol. The fourth-order valence-electron chi connectivity index (χ4n) is 3.57. The number of amides is 2. The zero-order chi connectivity index (χ0) is 11.8. The molecule has 0 aromatic rings. The maximum absolute atomic E-state index is 10.5. The number of carbonyl (C=O) groups is 1. The summed E-state index contributed by atoms with van der Waals surface area (Å²) in [5.74, 6) is 2.32. The van der Waals surface area contributed by atoms with Crippen molar-refractivity contribution in [3.63, 3.8) is 0 Å². The first kappa shape index (κ1) is 11.3. The Labute approximate surface area is 96.6 Å². The van der Waals surface area contributed by atoms with Crippen LogP contribution in [0.15, 0.2) is 12.3 Å². The molecule has 0 unspecified atom stereocenters. The van der Waals surface area contributed by atoms with E-state index in [1.807, 2.05) is 0 Å². The van der Waals surface area contributed by atoms with Crippen LogP contribution in [0.4, 0.5) is 4.79 Å². The van der Waals surface area contributed by atoms with Crippen LogP contribution in [0.2, 0.25) is 0 Å². The predicted octanol–water partition coefficient (Wildman–Crippen LogP) is 1.75. The molecule has 0 radical (unpaired) electrons. The van der Waals surface area contributed by atoms with Gasteiger partial charge in [-0.05, 0) is 42.4 Å². The molecule has 2 saturated carbocycles. The maximum Gasteiger partial charge on any atom is 0.330 e. The van der Waals surface area contributed by atoms with Gasteiger partial charge in [-0.25, -0.2) is 4.79 Å². The molecular formula is C12H21N3O. The average molecular weight is 223 g/mol. The molecule has 2 amide bonds. The first-order valence-corrected chi connectivity index (χ1v) is 5.99. The lowest BCUT2D eigenvalue weighted by Crippen LogP contribution is -2.38. The van der Waals surface area contributed by atoms with Gasteiger partial charge in [0.1, 0.15) is 0 Å². The standard InChI is InChI=1S/C12H21N3O/c1-12(2)9-4-3-8(7-9)10(12)5-6-14-15-11(13)16/h5-6,8-10,14H,3-4,7H2,1-2H3,(H3,13,15,16)/b6-5-/t8-,9-,10+/m0/s1. The topological polar surface area (TPSA) is 67.2 Å². The lowest BCUT2D eigenvalue weighted by Gasteiger charge is -2.36. The van der Waals surface area contributed by atoms with Crippen LogP contribution in [0.1, 0.15) is 33.1 Å². The van der Waals surface area contributed by atoms with E-state index >= 15 is 0 Å². The van der Waals surface area contributed by atoms with Crippen LogP contribution < -0.4 is 16.6 Å². The maximum atomic E-state index is 10.5. The molecule has 0 spiro atoms. The van der Waals surface area contributed by atoms with E-state index in [0.717, 1.165) is 11.8 Å². The minimum atomic E-state index is -0.558. The number of rotatable bonds is 3. The van der Waals surface area contributed by atoms with Gasteiger partial charge in [-0.3, -0.25) is 5.43 Å². The second-order valence-corrected chi connectivity index (χ2v) is 5.61. The third kappa shape index (κ3) is 1.88. The van der Waals surface area contributed by atoms with Gasteiger partial charge in [0, 0.05) is 6.20 Å². The molecule has 0 aromatic heterocycles. The van der Waals surface area contributed by atoms with E-state index in [2.05, 4.69) is 30.8 Å². The normalized spacial score (nSPS) is 35.5. The fourth-order valence-corrected chi connectivity index (χ4v) is 3.57. The van der Waals surface area contributed by atoms with E-state index < -0.39 is 6.03 Å². The number of hydrazine groups is 1.